The molecule has 0 radical (unpaired) electrons. The Bertz CT molecular complexity index is 892. The molecule has 3 rings (SSSR count). The van der Waals surface area contributed by atoms with Gasteiger partial charge in [-0.3, -0.25) is 4.98 Å². The molecule has 3 aromatic rings. The Hall–Kier alpha value is -0.960. The molecule has 0 saturated carbocycles. The Morgan fingerprint density at radius 1 is 0.652 bits per heavy atom. The number of hydrogen-bond donors (Lipinski definition) is 0. The minimum absolute atomic E-state index is 0.414. The zero-order valence-electron chi connectivity index (χ0n) is 11.5. The molecule has 1 aromatic heterocycles. The molecular weight excluding hydrogens is 395 g/mol. The minimum atomic E-state index is 0.414. The largest absolute Gasteiger partial charge is 0.254 e. The van der Waals surface area contributed by atoms with Crippen LogP contribution in [0.2, 0.25) is 25.1 Å². The third-order valence-electron chi connectivity index (χ3n) is 3.31. The lowest BCUT2D eigenvalue weighted by atomic mass is 10.1. The molecule has 2 aromatic carbocycles. The van der Waals surface area contributed by atoms with Crippen molar-refractivity contribution >= 4 is 58.0 Å². The Kier molecular flexibility index (Phi) is 5.05. The van der Waals surface area contributed by atoms with Crippen molar-refractivity contribution in [1.29, 1.82) is 0 Å². The molecule has 23 heavy (non-hydrogen) atoms. The van der Waals surface area contributed by atoms with Crippen LogP contribution in [-0.4, -0.2) is 4.98 Å². The summed E-state index contributed by atoms with van der Waals surface area (Å²) < 4.78 is 0. The van der Waals surface area contributed by atoms with E-state index in [0.29, 0.717) is 36.4 Å². The highest BCUT2D eigenvalue weighted by Gasteiger charge is 2.14. The van der Waals surface area contributed by atoms with Gasteiger partial charge in [0.25, 0.3) is 0 Å². The molecule has 1 nitrogen and oxygen atoms in total. The van der Waals surface area contributed by atoms with E-state index >= 15 is 0 Å². The van der Waals surface area contributed by atoms with Crippen LogP contribution in [0.25, 0.3) is 22.4 Å². The zero-order chi connectivity index (χ0) is 16.6. The highest BCUT2D eigenvalue weighted by atomic mass is 35.5. The van der Waals surface area contributed by atoms with Crippen molar-refractivity contribution in [3.8, 4) is 22.4 Å². The zero-order valence-corrected chi connectivity index (χ0v) is 15.2. The number of nitrogens with zero attached hydrogens (tertiary/aromatic N) is 1. The van der Waals surface area contributed by atoms with E-state index in [9.17, 15) is 0 Å². The fraction of sp³-hybridized carbons (Fsp3) is 0. The fourth-order valence-corrected chi connectivity index (χ4v) is 3.26. The van der Waals surface area contributed by atoms with Crippen LogP contribution in [0, 0.1) is 0 Å². The minimum Gasteiger partial charge on any atom is -0.254 e. The first-order valence-electron chi connectivity index (χ1n) is 6.53. The second kappa shape index (κ2) is 6.88. The van der Waals surface area contributed by atoms with Crippen molar-refractivity contribution < 1.29 is 0 Å². The second-order valence-corrected chi connectivity index (χ2v) is 6.73. The normalized spacial score (nSPS) is 10.8. The van der Waals surface area contributed by atoms with Gasteiger partial charge in [0, 0.05) is 22.9 Å². The topological polar surface area (TPSA) is 12.9 Å². The summed E-state index contributed by atoms with van der Waals surface area (Å²) in [5.41, 5.74) is 2.76. The van der Waals surface area contributed by atoms with Gasteiger partial charge in [0.2, 0.25) is 0 Å². The molecule has 0 amide bonds. The molecule has 0 atom stereocenters. The molecule has 0 aliphatic heterocycles. The molecule has 116 valence electrons. The first-order valence-corrected chi connectivity index (χ1v) is 8.42. The van der Waals surface area contributed by atoms with Gasteiger partial charge in [-0.25, -0.2) is 0 Å². The summed E-state index contributed by atoms with van der Waals surface area (Å²) in [6.45, 7) is 0. The number of hydrogen-bond acceptors (Lipinski definition) is 1. The SMILES string of the molecule is Clc1cc(-c2cccc(Cl)c2Cl)cnc1-c1cccc(Cl)c1Cl. The quantitative estimate of drug-likeness (QED) is 0.427. The van der Waals surface area contributed by atoms with E-state index in [-0.39, 0.29) is 0 Å². The van der Waals surface area contributed by atoms with Crippen LogP contribution in [0.15, 0.2) is 48.7 Å². The van der Waals surface area contributed by atoms with Gasteiger partial charge in [-0.1, -0.05) is 82.3 Å². The molecule has 1 heterocycles. The van der Waals surface area contributed by atoms with E-state index in [0.717, 1.165) is 11.1 Å². The summed E-state index contributed by atoms with van der Waals surface area (Å²) in [6.07, 6.45) is 1.68. The van der Waals surface area contributed by atoms with E-state index < -0.39 is 0 Å². The van der Waals surface area contributed by atoms with Crippen molar-refractivity contribution in [2.75, 3.05) is 0 Å². The number of rotatable bonds is 2. The predicted octanol–water partition coefficient (Wildman–Crippen LogP) is 7.68. The molecule has 0 bridgehead atoms. The molecule has 0 aliphatic carbocycles. The lowest BCUT2D eigenvalue weighted by Crippen LogP contribution is -1.89. The second-order valence-electron chi connectivity index (χ2n) is 4.76. The van der Waals surface area contributed by atoms with Crippen molar-refractivity contribution in [1.82, 2.24) is 4.98 Å². The van der Waals surface area contributed by atoms with Crippen molar-refractivity contribution in [3.63, 3.8) is 0 Å². The third kappa shape index (κ3) is 3.31. The summed E-state index contributed by atoms with van der Waals surface area (Å²) >= 11 is 31.0. The third-order valence-corrected chi connectivity index (χ3v) is 5.24. The number of halogens is 5. The highest BCUT2D eigenvalue weighted by Crippen LogP contribution is 2.39. The molecule has 6 heteroatoms. The van der Waals surface area contributed by atoms with Gasteiger partial charge in [0.05, 0.1) is 30.8 Å². The Morgan fingerprint density at radius 3 is 1.83 bits per heavy atom. The van der Waals surface area contributed by atoms with Gasteiger partial charge in [0.1, 0.15) is 0 Å². The maximum atomic E-state index is 6.39. The van der Waals surface area contributed by atoms with Crippen LogP contribution in [0.5, 0.6) is 0 Å². The van der Waals surface area contributed by atoms with E-state index in [2.05, 4.69) is 4.98 Å². The van der Waals surface area contributed by atoms with Crippen molar-refractivity contribution in [2.45, 2.75) is 0 Å². The van der Waals surface area contributed by atoms with E-state index in [1.54, 1.807) is 30.5 Å². The summed E-state index contributed by atoms with van der Waals surface area (Å²) in [5, 5.41) is 2.24. The van der Waals surface area contributed by atoms with Crippen LogP contribution >= 0.6 is 58.0 Å². The Labute approximate surface area is 158 Å². The maximum absolute atomic E-state index is 6.39. The van der Waals surface area contributed by atoms with Gasteiger partial charge in [-0.15, -0.1) is 0 Å². The van der Waals surface area contributed by atoms with Crippen LogP contribution in [0.3, 0.4) is 0 Å². The molecule has 0 N–H and O–H groups in total. The average Bonchev–Trinajstić information content (AvgIpc) is 2.53. The maximum Gasteiger partial charge on any atom is 0.0904 e. The molecule has 0 aliphatic rings. The lowest BCUT2D eigenvalue weighted by Gasteiger charge is -2.10. The fourth-order valence-electron chi connectivity index (χ4n) is 2.20. The smallest absolute Gasteiger partial charge is 0.0904 e. The van der Waals surface area contributed by atoms with Gasteiger partial charge >= 0.3 is 0 Å². The first-order chi connectivity index (χ1) is 11.0. The van der Waals surface area contributed by atoms with Crippen molar-refractivity contribution in [3.05, 3.63) is 73.8 Å². The summed E-state index contributed by atoms with van der Waals surface area (Å²) in [6, 6.07) is 12.5. The van der Waals surface area contributed by atoms with Crippen LogP contribution in [-0.2, 0) is 0 Å². The number of benzene rings is 2. The summed E-state index contributed by atoms with van der Waals surface area (Å²) in [5.74, 6) is 0. The first kappa shape index (κ1) is 16.9. The van der Waals surface area contributed by atoms with E-state index in [1.165, 1.54) is 0 Å². The standard InChI is InChI=1S/C17H8Cl5N/c18-12-5-1-3-10(15(12)21)9-7-14(20)17(23-8-9)11-4-2-6-13(19)16(11)22/h1-8H. The summed E-state index contributed by atoms with van der Waals surface area (Å²) in [7, 11) is 0. The molecule has 0 unspecified atom stereocenters. The predicted molar refractivity (Wildman–Crippen MR) is 100 cm³/mol. The lowest BCUT2D eigenvalue weighted by molar-refractivity contribution is 1.32. The molecule has 0 saturated heterocycles. The van der Waals surface area contributed by atoms with Crippen LogP contribution in [0.4, 0.5) is 0 Å². The van der Waals surface area contributed by atoms with Crippen molar-refractivity contribution in [2.24, 2.45) is 0 Å². The molecule has 0 spiro atoms. The molecule has 0 fully saturated rings. The monoisotopic (exact) mass is 401 g/mol. The van der Waals surface area contributed by atoms with Gasteiger partial charge in [-0.05, 0) is 18.2 Å². The van der Waals surface area contributed by atoms with Crippen LogP contribution in [0.1, 0.15) is 0 Å². The molecular formula is C17H8Cl5N. The summed E-state index contributed by atoms with van der Waals surface area (Å²) in [4.78, 5) is 4.42. The Morgan fingerprint density at radius 2 is 1.22 bits per heavy atom. The van der Waals surface area contributed by atoms with E-state index in [1.807, 2.05) is 18.2 Å². The van der Waals surface area contributed by atoms with Gasteiger partial charge in [0.15, 0.2) is 0 Å². The number of pyridine rings is 1. The van der Waals surface area contributed by atoms with E-state index in [4.69, 9.17) is 58.0 Å². The average molecular weight is 404 g/mol. The van der Waals surface area contributed by atoms with Gasteiger partial charge < -0.3 is 0 Å². The van der Waals surface area contributed by atoms with Crippen LogP contribution < -0.4 is 0 Å². The van der Waals surface area contributed by atoms with Gasteiger partial charge in [-0.2, -0.15) is 0 Å². The number of aromatic nitrogens is 1. The Balaban J connectivity index is 2.12. The highest BCUT2D eigenvalue weighted by molar-refractivity contribution is 6.44.